The van der Waals surface area contributed by atoms with Gasteiger partial charge in [-0.3, -0.25) is 9.69 Å². The Hall–Kier alpha value is -0.620. The highest BCUT2D eigenvalue weighted by Crippen LogP contribution is 2.32. The molecule has 3 rings (SSSR count). The van der Waals surface area contributed by atoms with Crippen LogP contribution in [0.15, 0.2) is 28.7 Å². The van der Waals surface area contributed by atoms with Gasteiger partial charge in [-0.2, -0.15) is 0 Å². The summed E-state index contributed by atoms with van der Waals surface area (Å²) in [6.45, 7) is 5.55. The summed E-state index contributed by atoms with van der Waals surface area (Å²) < 4.78 is 1.12. The van der Waals surface area contributed by atoms with Crippen molar-refractivity contribution < 1.29 is 4.79 Å². The number of benzene rings is 1. The van der Waals surface area contributed by atoms with Crippen LogP contribution in [0.5, 0.6) is 0 Å². The van der Waals surface area contributed by atoms with Crippen LogP contribution in [0.2, 0.25) is 0 Å². The van der Waals surface area contributed by atoms with Crippen molar-refractivity contribution in [2.75, 3.05) is 39.3 Å². The number of rotatable bonds is 4. The first-order valence-electron chi connectivity index (χ1n) is 8.22. The zero-order valence-corrected chi connectivity index (χ0v) is 15.7. The monoisotopic (exact) mass is 401 g/mol. The van der Waals surface area contributed by atoms with Gasteiger partial charge in [-0.25, -0.2) is 0 Å². The molecule has 0 saturated carbocycles. The third-order valence-corrected chi connectivity index (χ3v) is 5.23. The first-order chi connectivity index (χ1) is 10.7. The molecule has 0 bridgehead atoms. The highest BCUT2D eigenvalue weighted by atomic mass is 79.9. The number of amides is 1. The van der Waals surface area contributed by atoms with Crippen molar-refractivity contribution in [1.29, 1.82) is 0 Å². The molecule has 1 aromatic rings. The van der Waals surface area contributed by atoms with Crippen molar-refractivity contribution in [1.82, 2.24) is 15.1 Å². The van der Waals surface area contributed by atoms with Gasteiger partial charge in [-0.1, -0.05) is 28.1 Å². The summed E-state index contributed by atoms with van der Waals surface area (Å²) in [6, 6.07) is 9.09. The van der Waals surface area contributed by atoms with E-state index in [1.165, 1.54) is 18.4 Å². The fraction of sp³-hybridized carbons (Fsp3) is 0.588. The van der Waals surface area contributed by atoms with Crippen LogP contribution >= 0.6 is 28.3 Å². The van der Waals surface area contributed by atoms with Crippen LogP contribution in [0.4, 0.5) is 0 Å². The Morgan fingerprint density at radius 1 is 1.17 bits per heavy atom. The molecular weight excluding hydrogens is 378 g/mol. The van der Waals surface area contributed by atoms with Crippen molar-refractivity contribution >= 4 is 34.2 Å². The zero-order valence-electron chi connectivity index (χ0n) is 13.3. The van der Waals surface area contributed by atoms with E-state index in [1.807, 2.05) is 4.90 Å². The minimum absolute atomic E-state index is 0. The van der Waals surface area contributed by atoms with Gasteiger partial charge in [0.2, 0.25) is 5.91 Å². The Morgan fingerprint density at radius 2 is 1.87 bits per heavy atom. The number of nitrogens with zero attached hydrogens (tertiary/aromatic N) is 2. The number of piperazine rings is 1. The highest BCUT2D eigenvalue weighted by Gasteiger charge is 2.27. The standard InChI is InChI=1S/C17H24BrN3O.ClH/c18-15-5-3-14(4-6-15)16-2-1-10-20(16)11-7-17(22)21-12-8-19-9-13-21;/h3-6,16,19H,1-2,7-13H2;1H. The molecule has 0 radical (unpaired) electrons. The quantitative estimate of drug-likeness (QED) is 0.841. The maximum absolute atomic E-state index is 12.3. The van der Waals surface area contributed by atoms with Gasteiger partial charge in [0, 0.05) is 49.7 Å². The molecule has 0 aromatic heterocycles. The second kappa shape index (κ2) is 9.02. The number of nitrogens with one attached hydrogen (secondary N) is 1. The van der Waals surface area contributed by atoms with Gasteiger partial charge < -0.3 is 10.2 Å². The third kappa shape index (κ3) is 4.92. The lowest BCUT2D eigenvalue weighted by Crippen LogP contribution is -2.47. The van der Waals surface area contributed by atoms with Crippen LogP contribution in [0, 0.1) is 0 Å². The van der Waals surface area contributed by atoms with Gasteiger partial charge in [0.05, 0.1) is 0 Å². The molecule has 2 aliphatic rings. The second-order valence-corrected chi connectivity index (χ2v) is 7.04. The van der Waals surface area contributed by atoms with Crippen molar-refractivity contribution in [2.24, 2.45) is 0 Å². The van der Waals surface area contributed by atoms with Crippen molar-refractivity contribution in [3.8, 4) is 0 Å². The van der Waals surface area contributed by atoms with Gasteiger partial charge in [-0.05, 0) is 37.1 Å². The Morgan fingerprint density at radius 3 is 2.57 bits per heavy atom. The highest BCUT2D eigenvalue weighted by molar-refractivity contribution is 9.10. The summed E-state index contributed by atoms with van der Waals surface area (Å²) in [5, 5.41) is 3.29. The lowest BCUT2D eigenvalue weighted by atomic mass is 10.0. The SMILES string of the molecule is Cl.O=C(CCN1CCCC1c1ccc(Br)cc1)N1CCNCC1. The van der Waals surface area contributed by atoms with Gasteiger partial charge >= 0.3 is 0 Å². The van der Waals surface area contributed by atoms with Crippen LogP contribution in [0.1, 0.15) is 30.9 Å². The van der Waals surface area contributed by atoms with E-state index < -0.39 is 0 Å². The lowest BCUT2D eigenvalue weighted by Gasteiger charge is -2.29. The summed E-state index contributed by atoms with van der Waals surface area (Å²) in [5.41, 5.74) is 1.37. The molecule has 128 valence electrons. The van der Waals surface area contributed by atoms with Gasteiger partial charge in [0.25, 0.3) is 0 Å². The fourth-order valence-corrected chi connectivity index (χ4v) is 3.73. The van der Waals surface area contributed by atoms with E-state index in [2.05, 4.69) is 50.4 Å². The summed E-state index contributed by atoms with van der Waals surface area (Å²) in [5.74, 6) is 0.308. The number of likely N-dealkylation sites (tertiary alicyclic amines) is 1. The van der Waals surface area contributed by atoms with E-state index in [0.29, 0.717) is 18.4 Å². The normalized spacial score (nSPS) is 22.0. The molecule has 23 heavy (non-hydrogen) atoms. The summed E-state index contributed by atoms with van der Waals surface area (Å²) >= 11 is 3.49. The van der Waals surface area contributed by atoms with E-state index >= 15 is 0 Å². The summed E-state index contributed by atoms with van der Waals surface area (Å²) in [4.78, 5) is 16.8. The Bertz CT molecular complexity index is 505. The smallest absolute Gasteiger partial charge is 0.223 e. The molecule has 6 heteroatoms. The fourth-order valence-electron chi connectivity index (χ4n) is 3.47. The third-order valence-electron chi connectivity index (χ3n) is 4.70. The average molecular weight is 403 g/mol. The zero-order chi connectivity index (χ0) is 15.4. The van der Waals surface area contributed by atoms with Crippen LogP contribution in [0.25, 0.3) is 0 Å². The predicted molar refractivity (Wildman–Crippen MR) is 99.0 cm³/mol. The van der Waals surface area contributed by atoms with Crippen molar-refractivity contribution in [3.63, 3.8) is 0 Å². The number of halogens is 2. The number of hydrogen-bond acceptors (Lipinski definition) is 3. The van der Waals surface area contributed by atoms with Gasteiger partial charge in [0.1, 0.15) is 0 Å². The van der Waals surface area contributed by atoms with Crippen molar-refractivity contribution in [3.05, 3.63) is 34.3 Å². The topological polar surface area (TPSA) is 35.6 Å². The maximum atomic E-state index is 12.3. The number of carbonyl (C=O) groups excluding carboxylic acids is 1. The van der Waals surface area contributed by atoms with Gasteiger partial charge in [-0.15, -0.1) is 12.4 Å². The maximum Gasteiger partial charge on any atom is 0.223 e. The van der Waals surface area contributed by atoms with E-state index in [-0.39, 0.29) is 12.4 Å². The average Bonchev–Trinajstić information content (AvgIpc) is 3.02. The van der Waals surface area contributed by atoms with Crippen LogP contribution in [-0.2, 0) is 4.79 Å². The molecule has 2 saturated heterocycles. The number of hydrogen-bond donors (Lipinski definition) is 1. The van der Waals surface area contributed by atoms with Crippen molar-refractivity contribution in [2.45, 2.75) is 25.3 Å². The van der Waals surface area contributed by atoms with E-state index in [0.717, 1.165) is 43.7 Å². The minimum atomic E-state index is 0. The minimum Gasteiger partial charge on any atom is -0.340 e. The molecule has 0 spiro atoms. The molecular formula is C17H25BrClN3O. The molecule has 1 unspecified atom stereocenters. The molecule has 4 nitrogen and oxygen atoms in total. The Labute approximate surface area is 153 Å². The second-order valence-electron chi connectivity index (χ2n) is 6.13. The lowest BCUT2D eigenvalue weighted by molar-refractivity contribution is -0.132. The number of carbonyl (C=O) groups is 1. The van der Waals surface area contributed by atoms with E-state index in [9.17, 15) is 4.79 Å². The molecule has 1 N–H and O–H groups in total. The summed E-state index contributed by atoms with van der Waals surface area (Å²) in [6.07, 6.45) is 3.07. The van der Waals surface area contributed by atoms with Crippen LogP contribution < -0.4 is 5.32 Å². The molecule has 1 amide bonds. The Balaban J connectivity index is 0.00000192. The molecule has 2 fully saturated rings. The molecule has 2 heterocycles. The molecule has 0 aliphatic carbocycles. The first kappa shape index (κ1) is 18.7. The largest absolute Gasteiger partial charge is 0.340 e. The molecule has 1 aromatic carbocycles. The van der Waals surface area contributed by atoms with Gasteiger partial charge in [0.15, 0.2) is 0 Å². The summed E-state index contributed by atoms with van der Waals surface area (Å²) in [7, 11) is 0. The predicted octanol–water partition coefficient (Wildman–Crippen LogP) is 2.83. The van der Waals surface area contributed by atoms with Crippen LogP contribution in [-0.4, -0.2) is 55.0 Å². The molecule has 2 aliphatic heterocycles. The molecule has 1 atom stereocenters. The Kier molecular flexibility index (Phi) is 7.34. The van der Waals surface area contributed by atoms with E-state index in [1.54, 1.807) is 0 Å². The van der Waals surface area contributed by atoms with Crippen LogP contribution in [0.3, 0.4) is 0 Å². The van der Waals surface area contributed by atoms with E-state index in [4.69, 9.17) is 0 Å². The first-order valence-corrected chi connectivity index (χ1v) is 9.01.